The van der Waals surface area contributed by atoms with Crippen LogP contribution in [0.25, 0.3) is 0 Å². The summed E-state index contributed by atoms with van der Waals surface area (Å²) in [5, 5.41) is 14.1. The molecule has 21 heavy (non-hydrogen) atoms. The monoisotopic (exact) mass is 287 g/mol. The number of carbonyl (C=O) groups excluding carboxylic acids is 1. The summed E-state index contributed by atoms with van der Waals surface area (Å²) in [7, 11) is 0. The minimum Gasteiger partial charge on any atom is -0.400 e. The van der Waals surface area contributed by atoms with Gasteiger partial charge < -0.3 is 4.42 Å². The van der Waals surface area contributed by atoms with E-state index in [-0.39, 0.29) is 17.6 Å². The van der Waals surface area contributed by atoms with Crippen molar-refractivity contribution in [2.45, 2.75) is 12.8 Å². The van der Waals surface area contributed by atoms with Crippen molar-refractivity contribution in [1.82, 2.24) is 5.43 Å². The summed E-state index contributed by atoms with van der Waals surface area (Å²) in [6, 6.07) is 12.2. The number of hydrazone groups is 1. The summed E-state index contributed by atoms with van der Waals surface area (Å²) in [4.78, 5) is 21.3. The van der Waals surface area contributed by atoms with Gasteiger partial charge in [-0.25, -0.2) is 5.43 Å². The van der Waals surface area contributed by atoms with Gasteiger partial charge in [0, 0.05) is 6.42 Å². The first-order valence-corrected chi connectivity index (χ1v) is 6.25. The van der Waals surface area contributed by atoms with Crippen LogP contribution in [0, 0.1) is 10.1 Å². The largest absolute Gasteiger partial charge is 0.433 e. The maximum absolute atomic E-state index is 11.6. The van der Waals surface area contributed by atoms with E-state index in [1.165, 1.54) is 18.3 Å². The Morgan fingerprint density at radius 2 is 2.05 bits per heavy atom. The average Bonchev–Trinajstić information content (AvgIpc) is 2.95. The van der Waals surface area contributed by atoms with Gasteiger partial charge in [-0.1, -0.05) is 30.3 Å². The highest BCUT2D eigenvalue weighted by molar-refractivity contribution is 5.80. The molecule has 0 radical (unpaired) electrons. The van der Waals surface area contributed by atoms with Crippen LogP contribution in [0.15, 0.2) is 52.0 Å². The predicted octanol–water partition coefficient (Wildman–Crippen LogP) is 2.27. The lowest BCUT2D eigenvalue weighted by molar-refractivity contribution is -0.402. The molecule has 0 saturated carbocycles. The highest BCUT2D eigenvalue weighted by atomic mass is 16.6. The van der Waals surface area contributed by atoms with Crippen LogP contribution in [0.5, 0.6) is 0 Å². The number of rotatable bonds is 6. The Kier molecular flexibility index (Phi) is 4.81. The molecule has 1 heterocycles. The first-order valence-electron chi connectivity index (χ1n) is 6.25. The maximum atomic E-state index is 11.6. The summed E-state index contributed by atoms with van der Waals surface area (Å²) < 4.78 is 4.86. The molecule has 0 atom stereocenters. The molecule has 0 aliphatic carbocycles. The second kappa shape index (κ2) is 6.99. The zero-order valence-corrected chi connectivity index (χ0v) is 11.1. The van der Waals surface area contributed by atoms with Crippen molar-refractivity contribution >= 4 is 18.0 Å². The minimum atomic E-state index is -0.643. The van der Waals surface area contributed by atoms with Crippen LogP contribution in [-0.2, 0) is 11.2 Å². The Morgan fingerprint density at radius 3 is 2.71 bits per heavy atom. The summed E-state index contributed by atoms with van der Waals surface area (Å²) >= 11 is 0. The molecule has 0 unspecified atom stereocenters. The fourth-order valence-electron chi connectivity index (χ4n) is 1.64. The van der Waals surface area contributed by atoms with Gasteiger partial charge in [-0.05, 0) is 18.1 Å². The van der Waals surface area contributed by atoms with E-state index in [4.69, 9.17) is 4.42 Å². The Labute approximate surface area is 120 Å². The molecule has 2 aromatic rings. The first-order chi connectivity index (χ1) is 10.1. The van der Waals surface area contributed by atoms with Crippen LogP contribution >= 0.6 is 0 Å². The van der Waals surface area contributed by atoms with E-state index in [0.717, 1.165) is 5.56 Å². The Balaban J connectivity index is 1.77. The summed E-state index contributed by atoms with van der Waals surface area (Å²) in [5.41, 5.74) is 3.41. The van der Waals surface area contributed by atoms with Crippen molar-refractivity contribution in [2.75, 3.05) is 0 Å². The molecule has 0 fully saturated rings. The molecule has 0 spiro atoms. The van der Waals surface area contributed by atoms with Crippen LogP contribution in [0.1, 0.15) is 17.7 Å². The number of benzene rings is 1. The maximum Gasteiger partial charge on any atom is 0.433 e. The van der Waals surface area contributed by atoms with E-state index in [9.17, 15) is 14.9 Å². The van der Waals surface area contributed by atoms with E-state index in [2.05, 4.69) is 10.5 Å². The van der Waals surface area contributed by atoms with Gasteiger partial charge in [0.2, 0.25) is 5.91 Å². The zero-order valence-electron chi connectivity index (χ0n) is 11.1. The minimum absolute atomic E-state index is 0.199. The topological polar surface area (TPSA) is 97.7 Å². The van der Waals surface area contributed by atoms with Crippen molar-refractivity contribution in [3.05, 3.63) is 63.9 Å². The van der Waals surface area contributed by atoms with E-state index in [1.54, 1.807) is 0 Å². The predicted molar refractivity (Wildman–Crippen MR) is 75.9 cm³/mol. The van der Waals surface area contributed by atoms with Gasteiger partial charge in [-0.3, -0.25) is 14.9 Å². The van der Waals surface area contributed by atoms with Crippen LogP contribution in [-0.4, -0.2) is 17.0 Å². The molecule has 0 saturated heterocycles. The molecule has 108 valence electrons. The van der Waals surface area contributed by atoms with Gasteiger partial charge in [-0.15, -0.1) is 0 Å². The average molecular weight is 287 g/mol. The van der Waals surface area contributed by atoms with Crippen molar-refractivity contribution in [3.63, 3.8) is 0 Å². The zero-order chi connectivity index (χ0) is 15.1. The second-order valence-electron chi connectivity index (χ2n) is 4.21. The first kappa shape index (κ1) is 14.4. The van der Waals surface area contributed by atoms with Gasteiger partial charge >= 0.3 is 5.88 Å². The van der Waals surface area contributed by atoms with Crippen LogP contribution in [0.4, 0.5) is 5.88 Å². The number of carbonyl (C=O) groups is 1. The molecule has 7 heteroatoms. The van der Waals surface area contributed by atoms with Crippen molar-refractivity contribution in [2.24, 2.45) is 5.10 Å². The standard InChI is InChI=1S/C14H13N3O4/c18-13(8-6-11-4-2-1-3-5-11)16-15-10-12-7-9-14(21-12)17(19)20/h1-5,7,9-10H,6,8H2,(H,16,18)/b15-10-. The molecular weight excluding hydrogens is 274 g/mol. The third kappa shape index (κ3) is 4.57. The van der Waals surface area contributed by atoms with Crippen LogP contribution in [0.2, 0.25) is 0 Å². The fourth-order valence-corrected chi connectivity index (χ4v) is 1.64. The van der Waals surface area contributed by atoms with Crippen LogP contribution in [0.3, 0.4) is 0 Å². The van der Waals surface area contributed by atoms with Crippen molar-refractivity contribution in [1.29, 1.82) is 0 Å². The lowest BCUT2D eigenvalue weighted by Crippen LogP contribution is -2.17. The summed E-state index contributed by atoms with van der Waals surface area (Å²) in [6.07, 6.45) is 2.14. The smallest absolute Gasteiger partial charge is 0.400 e. The fraction of sp³-hybridized carbons (Fsp3) is 0.143. The number of amides is 1. The molecule has 1 aromatic heterocycles. The number of nitrogens with one attached hydrogen (secondary N) is 1. The normalized spacial score (nSPS) is 10.7. The molecule has 7 nitrogen and oxygen atoms in total. The Hall–Kier alpha value is -2.96. The van der Waals surface area contributed by atoms with Gasteiger partial charge in [-0.2, -0.15) is 5.10 Å². The summed E-state index contributed by atoms with van der Waals surface area (Å²) in [5.74, 6) is -0.409. The molecule has 0 aliphatic rings. The molecule has 1 aromatic carbocycles. The number of aryl methyl sites for hydroxylation is 1. The van der Waals surface area contributed by atoms with Gasteiger partial charge in [0.25, 0.3) is 0 Å². The molecule has 1 amide bonds. The number of hydrogen-bond acceptors (Lipinski definition) is 5. The van der Waals surface area contributed by atoms with Crippen LogP contribution < -0.4 is 5.43 Å². The molecule has 2 rings (SSSR count). The Bertz CT molecular complexity index is 649. The van der Waals surface area contributed by atoms with Gasteiger partial charge in [0.15, 0.2) is 5.76 Å². The molecule has 0 bridgehead atoms. The quantitative estimate of drug-likeness (QED) is 0.500. The number of furan rings is 1. The molecular formula is C14H13N3O4. The molecule has 0 aliphatic heterocycles. The van der Waals surface area contributed by atoms with Crippen molar-refractivity contribution < 1.29 is 14.1 Å². The van der Waals surface area contributed by atoms with E-state index < -0.39 is 4.92 Å². The SMILES string of the molecule is O=C(CCc1ccccc1)N/N=C\c1ccc([N+](=O)[O-])o1. The number of nitro groups is 1. The van der Waals surface area contributed by atoms with Gasteiger partial charge in [0.1, 0.15) is 4.92 Å². The van der Waals surface area contributed by atoms with Crippen molar-refractivity contribution in [3.8, 4) is 0 Å². The second-order valence-corrected chi connectivity index (χ2v) is 4.21. The third-order valence-corrected chi connectivity index (χ3v) is 2.66. The van der Waals surface area contributed by atoms with E-state index in [0.29, 0.717) is 12.8 Å². The lowest BCUT2D eigenvalue weighted by Gasteiger charge is -2.00. The number of nitrogens with zero attached hydrogens (tertiary/aromatic N) is 2. The lowest BCUT2D eigenvalue weighted by atomic mass is 10.1. The number of hydrogen-bond donors (Lipinski definition) is 1. The highest BCUT2D eigenvalue weighted by Gasteiger charge is 2.10. The highest BCUT2D eigenvalue weighted by Crippen LogP contribution is 2.13. The van der Waals surface area contributed by atoms with Gasteiger partial charge in [0.05, 0.1) is 12.3 Å². The van der Waals surface area contributed by atoms with E-state index >= 15 is 0 Å². The van der Waals surface area contributed by atoms with E-state index in [1.807, 2.05) is 30.3 Å². The Morgan fingerprint density at radius 1 is 1.29 bits per heavy atom. The summed E-state index contributed by atoms with van der Waals surface area (Å²) in [6.45, 7) is 0. The third-order valence-electron chi connectivity index (χ3n) is 2.66. The molecule has 1 N–H and O–H groups in total.